The van der Waals surface area contributed by atoms with Gasteiger partial charge in [-0.25, -0.2) is 4.98 Å². The number of hydrogen-bond donors (Lipinski definition) is 5. The summed E-state index contributed by atoms with van der Waals surface area (Å²) >= 11 is 0. The standard InChI is InChI=1S/C13H16N6O4/c1-2-3-15-10-7-11(18-13(14)17-10)19(5-16-7)12-9(22)8(21)6(4-20)23-12/h1,5-6,8-9,12,20-22H,3-4H2,(H3,14,15,17,18)/t6-,8-,9-,12-/m1/s1. The average molecular weight is 320 g/mol. The van der Waals surface area contributed by atoms with E-state index in [1.165, 1.54) is 10.9 Å². The highest BCUT2D eigenvalue weighted by molar-refractivity contribution is 5.84. The number of ether oxygens (including phenoxy) is 1. The molecule has 0 aromatic carbocycles. The van der Waals surface area contributed by atoms with Gasteiger partial charge in [0, 0.05) is 0 Å². The highest BCUT2D eigenvalue weighted by Gasteiger charge is 2.44. The Morgan fingerprint density at radius 2 is 2.17 bits per heavy atom. The van der Waals surface area contributed by atoms with Crippen molar-refractivity contribution in [2.24, 2.45) is 0 Å². The van der Waals surface area contributed by atoms with Crippen LogP contribution in [-0.4, -0.2) is 66.3 Å². The summed E-state index contributed by atoms with van der Waals surface area (Å²) in [6.07, 6.45) is 2.28. The van der Waals surface area contributed by atoms with Crippen molar-refractivity contribution in [1.82, 2.24) is 19.5 Å². The van der Waals surface area contributed by atoms with Gasteiger partial charge >= 0.3 is 0 Å². The van der Waals surface area contributed by atoms with Crippen molar-refractivity contribution in [3.8, 4) is 12.3 Å². The number of fused-ring (bicyclic) bond motifs is 1. The van der Waals surface area contributed by atoms with Crippen molar-refractivity contribution in [1.29, 1.82) is 0 Å². The number of anilines is 2. The minimum absolute atomic E-state index is 0.00878. The monoisotopic (exact) mass is 320 g/mol. The van der Waals surface area contributed by atoms with Gasteiger partial charge in [0.15, 0.2) is 23.2 Å². The number of imidazole rings is 1. The van der Waals surface area contributed by atoms with Crippen LogP contribution in [0, 0.1) is 12.3 Å². The number of aromatic nitrogens is 4. The lowest BCUT2D eigenvalue weighted by Gasteiger charge is -2.16. The van der Waals surface area contributed by atoms with Gasteiger partial charge in [0.25, 0.3) is 0 Å². The Bertz CT molecular complexity index is 757. The Labute approximate surface area is 130 Å². The first-order chi connectivity index (χ1) is 11.1. The number of hydrogen-bond acceptors (Lipinski definition) is 9. The fourth-order valence-electron chi connectivity index (χ4n) is 2.49. The van der Waals surface area contributed by atoms with Gasteiger partial charge in [-0.1, -0.05) is 5.92 Å². The van der Waals surface area contributed by atoms with E-state index in [2.05, 4.69) is 26.2 Å². The van der Waals surface area contributed by atoms with E-state index in [-0.39, 0.29) is 12.5 Å². The summed E-state index contributed by atoms with van der Waals surface area (Å²) in [6.45, 7) is -0.195. The smallest absolute Gasteiger partial charge is 0.224 e. The van der Waals surface area contributed by atoms with E-state index in [9.17, 15) is 15.3 Å². The molecule has 1 fully saturated rings. The average Bonchev–Trinajstić information content (AvgIpc) is 3.07. The van der Waals surface area contributed by atoms with E-state index in [0.717, 1.165) is 0 Å². The molecule has 0 spiro atoms. The van der Waals surface area contributed by atoms with Crippen LogP contribution in [0.2, 0.25) is 0 Å². The van der Waals surface area contributed by atoms with Gasteiger partial charge in [0.2, 0.25) is 5.95 Å². The molecule has 122 valence electrons. The lowest BCUT2D eigenvalue weighted by molar-refractivity contribution is -0.0511. The fourth-order valence-corrected chi connectivity index (χ4v) is 2.49. The Morgan fingerprint density at radius 1 is 1.39 bits per heavy atom. The molecule has 0 unspecified atom stereocenters. The zero-order valence-electron chi connectivity index (χ0n) is 12.0. The molecule has 0 radical (unpaired) electrons. The van der Waals surface area contributed by atoms with Crippen LogP contribution in [0.25, 0.3) is 11.2 Å². The predicted octanol–water partition coefficient (Wildman–Crippen LogP) is -1.93. The van der Waals surface area contributed by atoms with E-state index in [1.54, 1.807) is 0 Å². The molecule has 2 aromatic heterocycles. The number of rotatable bonds is 4. The third-order valence-corrected chi connectivity index (χ3v) is 3.59. The SMILES string of the molecule is C#CCNc1nc(N)nc2c1ncn2[C@@H]1O[C@H](CO)[C@@H](O)[C@H]1O. The molecule has 0 bridgehead atoms. The fraction of sp³-hybridized carbons (Fsp3) is 0.462. The van der Waals surface area contributed by atoms with Crippen LogP contribution >= 0.6 is 0 Å². The third kappa shape index (κ3) is 2.55. The summed E-state index contributed by atoms with van der Waals surface area (Å²) in [5.74, 6) is 2.76. The molecule has 6 N–H and O–H groups in total. The number of aliphatic hydroxyl groups excluding tert-OH is 3. The van der Waals surface area contributed by atoms with Gasteiger partial charge in [-0.05, 0) is 0 Å². The van der Waals surface area contributed by atoms with Crippen molar-refractivity contribution >= 4 is 22.9 Å². The zero-order valence-corrected chi connectivity index (χ0v) is 12.0. The maximum atomic E-state index is 10.1. The van der Waals surface area contributed by atoms with Gasteiger partial charge < -0.3 is 31.1 Å². The maximum absolute atomic E-state index is 10.1. The molecule has 0 aliphatic carbocycles. The molecule has 1 aliphatic rings. The maximum Gasteiger partial charge on any atom is 0.224 e. The van der Waals surface area contributed by atoms with E-state index in [0.29, 0.717) is 17.0 Å². The highest BCUT2D eigenvalue weighted by atomic mass is 16.6. The minimum atomic E-state index is -1.25. The lowest BCUT2D eigenvalue weighted by atomic mass is 10.1. The van der Waals surface area contributed by atoms with Crippen LogP contribution in [0.5, 0.6) is 0 Å². The number of nitrogens with zero attached hydrogens (tertiary/aromatic N) is 4. The second-order valence-electron chi connectivity index (χ2n) is 5.04. The lowest BCUT2D eigenvalue weighted by Crippen LogP contribution is -2.33. The Kier molecular flexibility index (Phi) is 4.01. The van der Waals surface area contributed by atoms with Crippen molar-refractivity contribution in [2.45, 2.75) is 24.5 Å². The van der Waals surface area contributed by atoms with Gasteiger partial charge in [0.1, 0.15) is 18.3 Å². The van der Waals surface area contributed by atoms with Crippen LogP contribution in [0.4, 0.5) is 11.8 Å². The molecule has 3 heterocycles. The summed E-state index contributed by atoms with van der Waals surface area (Å²) in [6, 6.07) is 0. The topological polar surface area (TPSA) is 152 Å². The summed E-state index contributed by atoms with van der Waals surface area (Å²) < 4.78 is 6.90. The number of aliphatic hydroxyl groups is 3. The van der Waals surface area contributed by atoms with Crippen molar-refractivity contribution in [3.05, 3.63) is 6.33 Å². The molecular formula is C13H16N6O4. The van der Waals surface area contributed by atoms with Gasteiger partial charge in [-0.15, -0.1) is 6.42 Å². The Morgan fingerprint density at radius 3 is 2.83 bits per heavy atom. The van der Waals surface area contributed by atoms with Crippen LogP contribution in [0.1, 0.15) is 6.23 Å². The Balaban J connectivity index is 2.03. The third-order valence-electron chi connectivity index (χ3n) is 3.59. The first-order valence-corrected chi connectivity index (χ1v) is 6.86. The van der Waals surface area contributed by atoms with E-state index in [4.69, 9.17) is 16.9 Å². The van der Waals surface area contributed by atoms with E-state index >= 15 is 0 Å². The number of nitrogens with one attached hydrogen (secondary N) is 1. The first-order valence-electron chi connectivity index (χ1n) is 6.86. The van der Waals surface area contributed by atoms with E-state index < -0.39 is 31.1 Å². The summed E-state index contributed by atoms with van der Waals surface area (Å²) in [7, 11) is 0. The Hall–Kier alpha value is -2.45. The second-order valence-corrected chi connectivity index (χ2v) is 5.04. The molecule has 1 aliphatic heterocycles. The highest BCUT2D eigenvalue weighted by Crippen LogP contribution is 2.32. The molecule has 2 aromatic rings. The number of nitrogen functional groups attached to an aromatic ring is 1. The van der Waals surface area contributed by atoms with Crippen molar-refractivity contribution in [3.63, 3.8) is 0 Å². The molecule has 10 nitrogen and oxygen atoms in total. The summed E-state index contributed by atoms with van der Waals surface area (Å²) in [4.78, 5) is 12.3. The molecule has 3 rings (SSSR count). The van der Waals surface area contributed by atoms with Crippen molar-refractivity contribution in [2.75, 3.05) is 24.2 Å². The molecule has 0 saturated carbocycles. The number of nitrogens with two attached hydrogens (primary N) is 1. The van der Waals surface area contributed by atoms with Crippen LogP contribution in [0.3, 0.4) is 0 Å². The zero-order chi connectivity index (χ0) is 16.6. The quantitative estimate of drug-likeness (QED) is 0.405. The van der Waals surface area contributed by atoms with Crippen LogP contribution < -0.4 is 11.1 Å². The number of terminal acetylenes is 1. The molecular weight excluding hydrogens is 304 g/mol. The van der Waals surface area contributed by atoms with Crippen molar-refractivity contribution < 1.29 is 20.1 Å². The molecule has 10 heteroatoms. The first kappa shape index (κ1) is 15.4. The minimum Gasteiger partial charge on any atom is -0.394 e. The molecule has 0 amide bonds. The van der Waals surface area contributed by atoms with Crippen LogP contribution in [0.15, 0.2) is 6.33 Å². The van der Waals surface area contributed by atoms with E-state index in [1.807, 2.05) is 0 Å². The molecule has 23 heavy (non-hydrogen) atoms. The van der Waals surface area contributed by atoms with Gasteiger partial charge in [-0.2, -0.15) is 9.97 Å². The summed E-state index contributed by atoms with van der Waals surface area (Å²) in [5.41, 5.74) is 6.40. The van der Waals surface area contributed by atoms with Gasteiger partial charge in [-0.3, -0.25) is 4.57 Å². The van der Waals surface area contributed by atoms with Gasteiger partial charge in [0.05, 0.1) is 19.5 Å². The van der Waals surface area contributed by atoms with Crippen LogP contribution in [-0.2, 0) is 4.74 Å². The molecule has 4 atom stereocenters. The predicted molar refractivity (Wildman–Crippen MR) is 80.1 cm³/mol. The molecule has 1 saturated heterocycles. The second kappa shape index (κ2) is 5.98. The summed E-state index contributed by atoms with van der Waals surface area (Å²) in [5, 5.41) is 32.0. The largest absolute Gasteiger partial charge is 0.394 e. The normalized spacial score (nSPS) is 27.2.